The number of anilines is 1. The number of piperidine rings is 1. The monoisotopic (exact) mass is 347 g/mol. The van der Waals surface area contributed by atoms with Crippen molar-refractivity contribution in [1.29, 1.82) is 0 Å². The van der Waals surface area contributed by atoms with Crippen molar-refractivity contribution in [2.24, 2.45) is 0 Å². The molecule has 3 amide bonds. The molecule has 1 aromatic rings. The van der Waals surface area contributed by atoms with Gasteiger partial charge in [-0.2, -0.15) is 0 Å². The summed E-state index contributed by atoms with van der Waals surface area (Å²) in [7, 11) is 0. The van der Waals surface area contributed by atoms with Crippen LogP contribution in [0.2, 0.25) is 0 Å². The molecule has 6 heteroatoms. The van der Waals surface area contributed by atoms with E-state index in [1.54, 1.807) is 4.90 Å². The molecule has 1 aliphatic heterocycles. The number of amides is 3. The molecule has 1 atom stereocenters. The summed E-state index contributed by atoms with van der Waals surface area (Å²) < 4.78 is 5.59. The van der Waals surface area contributed by atoms with Gasteiger partial charge in [0, 0.05) is 37.3 Å². The first-order chi connectivity index (χ1) is 12.1. The lowest BCUT2D eigenvalue weighted by Crippen LogP contribution is -2.50. The zero-order valence-electron chi connectivity index (χ0n) is 15.2. The molecule has 1 heterocycles. The fourth-order valence-corrected chi connectivity index (χ4v) is 2.89. The van der Waals surface area contributed by atoms with Gasteiger partial charge in [-0.1, -0.05) is 19.9 Å². The third kappa shape index (κ3) is 6.29. The van der Waals surface area contributed by atoms with Crippen molar-refractivity contribution in [1.82, 2.24) is 10.2 Å². The van der Waals surface area contributed by atoms with Gasteiger partial charge in [0.15, 0.2) is 0 Å². The Hall–Kier alpha value is -2.24. The summed E-state index contributed by atoms with van der Waals surface area (Å²) in [5.74, 6) is 0.818. The average molecular weight is 347 g/mol. The second-order valence-electron chi connectivity index (χ2n) is 6.41. The predicted octanol–water partition coefficient (Wildman–Crippen LogP) is 3.39. The van der Waals surface area contributed by atoms with Crippen molar-refractivity contribution in [2.75, 3.05) is 25.0 Å². The number of carbonyl (C=O) groups is 2. The van der Waals surface area contributed by atoms with Crippen molar-refractivity contribution >= 4 is 17.6 Å². The Morgan fingerprint density at radius 3 is 2.88 bits per heavy atom. The van der Waals surface area contributed by atoms with Crippen molar-refractivity contribution in [3.05, 3.63) is 24.3 Å². The summed E-state index contributed by atoms with van der Waals surface area (Å²) in [6.07, 6.45) is 4.12. The van der Waals surface area contributed by atoms with Crippen LogP contribution in [0.3, 0.4) is 0 Å². The van der Waals surface area contributed by atoms with Gasteiger partial charge in [0.25, 0.3) is 0 Å². The van der Waals surface area contributed by atoms with Gasteiger partial charge in [0.1, 0.15) is 5.75 Å². The first kappa shape index (κ1) is 19.1. The van der Waals surface area contributed by atoms with Gasteiger partial charge in [-0.05, 0) is 37.8 Å². The molecule has 1 fully saturated rings. The number of benzene rings is 1. The summed E-state index contributed by atoms with van der Waals surface area (Å²) in [4.78, 5) is 26.0. The zero-order chi connectivity index (χ0) is 18.1. The maximum atomic E-state index is 12.5. The Kier molecular flexibility index (Phi) is 7.57. The van der Waals surface area contributed by atoms with Crippen LogP contribution >= 0.6 is 0 Å². The first-order valence-corrected chi connectivity index (χ1v) is 9.20. The van der Waals surface area contributed by atoms with E-state index in [9.17, 15) is 9.59 Å². The second-order valence-corrected chi connectivity index (χ2v) is 6.41. The summed E-state index contributed by atoms with van der Waals surface area (Å²) in [5, 5.41) is 5.94. The third-order valence-electron chi connectivity index (χ3n) is 4.11. The van der Waals surface area contributed by atoms with Crippen LogP contribution in [0.15, 0.2) is 24.3 Å². The minimum absolute atomic E-state index is 0.0396. The Balaban J connectivity index is 1.88. The molecule has 0 unspecified atom stereocenters. The van der Waals surface area contributed by atoms with Gasteiger partial charge < -0.3 is 20.3 Å². The molecular weight excluding hydrogens is 318 g/mol. The molecular formula is C19H29N3O3. The van der Waals surface area contributed by atoms with Crippen LogP contribution in [0.5, 0.6) is 5.75 Å². The maximum Gasteiger partial charge on any atom is 0.321 e. The van der Waals surface area contributed by atoms with E-state index in [-0.39, 0.29) is 18.0 Å². The predicted molar refractivity (Wildman–Crippen MR) is 98.9 cm³/mol. The van der Waals surface area contributed by atoms with Crippen LogP contribution < -0.4 is 15.4 Å². The highest BCUT2D eigenvalue weighted by molar-refractivity contribution is 5.89. The van der Waals surface area contributed by atoms with E-state index in [0.29, 0.717) is 26.1 Å². The SMILES string of the molecule is CCCOc1cccc(NC(=O)N2CCC[C@@H](NC(=O)CCC)C2)c1. The molecule has 0 aliphatic carbocycles. The van der Waals surface area contributed by atoms with Gasteiger partial charge in [-0.15, -0.1) is 0 Å². The van der Waals surface area contributed by atoms with Crippen LogP contribution in [0.4, 0.5) is 10.5 Å². The highest BCUT2D eigenvalue weighted by Gasteiger charge is 2.24. The van der Waals surface area contributed by atoms with Gasteiger partial charge in [-0.25, -0.2) is 4.79 Å². The van der Waals surface area contributed by atoms with Crippen LogP contribution in [0, 0.1) is 0 Å². The van der Waals surface area contributed by atoms with Crippen LogP contribution in [0.1, 0.15) is 46.0 Å². The number of hydrogen-bond donors (Lipinski definition) is 2. The van der Waals surface area contributed by atoms with E-state index in [1.165, 1.54) is 0 Å². The Bertz CT molecular complexity index is 577. The maximum absolute atomic E-state index is 12.5. The summed E-state index contributed by atoms with van der Waals surface area (Å²) in [6, 6.07) is 7.33. The second kappa shape index (κ2) is 9.91. The smallest absolute Gasteiger partial charge is 0.321 e. The molecule has 0 spiro atoms. The minimum atomic E-state index is -0.137. The number of carbonyl (C=O) groups excluding carboxylic acids is 2. The highest BCUT2D eigenvalue weighted by atomic mass is 16.5. The quantitative estimate of drug-likeness (QED) is 0.794. The fourth-order valence-electron chi connectivity index (χ4n) is 2.89. The Morgan fingerprint density at radius 2 is 2.12 bits per heavy atom. The van der Waals surface area contributed by atoms with E-state index in [1.807, 2.05) is 31.2 Å². The van der Waals surface area contributed by atoms with Crippen LogP contribution in [-0.4, -0.2) is 42.6 Å². The lowest BCUT2D eigenvalue weighted by Gasteiger charge is -2.33. The average Bonchev–Trinajstić information content (AvgIpc) is 2.60. The van der Waals surface area contributed by atoms with Crippen LogP contribution in [0.25, 0.3) is 0 Å². The van der Waals surface area contributed by atoms with Gasteiger partial charge in [0.2, 0.25) is 5.91 Å². The lowest BCUT2D eigenvalue weighted by molar-refractivity contribution is -0.122. The lowest BCUT2D eigenvalue weighted by atomic mass is 10.1. The van der Waals surface area contributed by atoms with Crippen molar-refractivity contribution in [3.8, 4) is 5.75 Å². The largest absolute Gasteiger partial charge is 0.494 e. The summed E-state index contributed by atoms with van der Waals surface area (Å²) >= 11 is 0. The number of nitrogens with one attached hydrogen (secondary N) is 2. The molecule has 0 saturated carbocycles. The normalized spacial score (nSPS) is 17.0. The molecule has 0 aromatic heterocycles. The van der Waals surface area contributed by atoms with E-state index in [0.717, 1.165) is 37.1 Å². The van der Waals surface area contributed by atoms with Gasteiger partial charge in [-0.3, -0.25) is 4.79 Å². The van der Waals surface area contributed by atoms with Crippen molar-refractivity contribution in [2.45, 2.75) is 52.0 Å². The van der Waals surface area contributed by atoms with E-state index in [2.05, 4.69) is 17.6 Å². The van der Waals surface area contributed by atoms with Crippen molar-refractivity contribution < 1.29 is 14.3 Å². The molecule has 1 aromatic carbocycles. The van der Waals surface area contributed by atoms with E-state index < -0.39 is 0 Å². The standard InChI is InChI=1S/C19H29N3O3/c1-3-7-18(23)20-16-9-6-11-22(14-16)19(24)21-15-8-5-10-17(13-15)25-12-4-2/h5,8,10,13,16H,3-4,6-7,9,11-12,14H2,1-2H3,(H,20,23)(H,21,24)/t16-/m1/s1. The molecule has 1 aliphatic rings. The van der Waals surface area contributed by atoms with Crippen molar-refractivity contribution in [3.63, 3.8) is 0 Å². The third-order valence-corrected chi connectivity index (χ3v) is 4.11. The molecule has 25 heavy (non-hydrogen) atoms. The van der Waals surface area contributed by atoms with Gasteiger partial charge >= 0.3 is 6.03 Å². The molecule has 138 valence electrons. The Morgan fingerprint density at radius 1 is 1.28 bits per heavy atom. The van der Waals surface area contributed by atoms with Gasteiger partial charge in [0.05, 0.1) is 6.61 Å². The summed E-state index contributed by atoms with van der Waals surface area (Å²) in [6.45, 7) is 5.95. The molecule has 2 rings (SSSR count). The summed E-state index contributed by atoms with van der Waals surface area (Å²) in [5.41, 5.74) is 0.718. The number of urea groups is 1. The number of nitrogens with zero attached hydrogens (tertiary/aromatic N) is 1. The van der Waals surface area contributed by atoms with E-state index in [4.69, 9.17) is 4.74 Å². The highest BCUT2D eigenvalue weighted by Crippen LogP contribution is 2.19. The fraction of sp³-hybridized carbons (Fsp3) is 0.579. The van der Waals surface area contributed by atoms with E-state index >= 15 is 0 Å². The molecule has 6 nitrogen and oxygen atoms in total. The number of ether oxygens (including phenoxy) is 1. The number of hydrogen-bond acceptors (Lipinski definition) is 3. The number of rotatable bonds is 7. The molecule has 1 saturated heterocycles. The topological polar surface area (TPSA) is 70.7 Å². The first-order valence-electron chi connectivity index (χ1n) is 9.20. The van der Waals surface area contributed by atoms with Crippen LogP contribution in [-0.2, 0) is 4.79 Å². The molecule has 0 radical (unpaired) electrons. The number of likely N-dealkylation sites (tertiary alicyclic amines) is 1. The molecule has 2 N–H and O–H groups in total. The Labute approximate surface area is 149 Å². The minimum Gasteiger partial charge on any atom is -0.494 e. The molecule has 0 bridgehead atoms. The zero-order valence-corrected chi connectivity index (χ0v) is 15.2.